The quantitative estimate of drug-likeness (QED) is 0.536. The highest BCUT2D eigenvalue weighted by Gasteiger charge is 2.19. The third-order valence-electron chi connectivity index (χ3n) is 5.79. The summed E-state index contributed by atoms with van der Waals surface area (Å²) < 4.78 is 32.7. The van der Waals surface area contributed by atoms with Crippen molar-refractivity contribution in [1.29, 1.82) is 0 Å². The average Bonchev–Trinajstić information content (AvgIpc) is 2.80. The summed E-state index contributed by atoms with van der Waals surface area (Å²) in [6, 6.07) is 16.1. The zero-order valence-electron chi connectivity index (χ0n) is 18.7. The number of nitrogens with one attached hydrogen (secondary N) is 1. The molecule has 0 spiro atoms. The molecule has 1 saturated heterocycles. The minimum absolute atomic E-state index is 0.227. The number of sulfonamides is 1. The van der Waals surface area contributed by atoms with E-state index in [9.17, 15) is 8.42 Å². The summed E-state index contributed by atoms with van der Waals surface area (Å²) in [4.78, 5) is 5.23. The first-order valence-electron chi connectivity index (χ1n) is 11.2. The van der Waals surface area contributed by atoms with Gasteiger partial charge in [0.2, 0.25) is 10.0 Å². The van der Waals surface area contributed by atoms with Crippen LogP contribution in [0.2, 0.25) is 0 Å². The molecule has 31 heavy (non-hydrogen) atoms. The first kappa shape index (κ1) is 23.6. The van der Waals surface area contributed by atoms with Crippen LogP contribution in [-0.4, -0.2) is 59.7 Å². The highest BCUT2D eigenvalue weighted by atomic mass is 32.2. The second-order valence-corrected chi connectivity index (χ2v) is 9.70. The van der Waals surface area contributed by atoms with Gasteiger partial charge in [0, 0.05) is 38.4 Å². The van der Waals surface area contributed by atoms with E-state index in [1.165, 1.54) is 19.2 Å². The van der Waals surface area contributed by atoms with Crippen LogP contribution in [0, 0.1) is 0 Å². The summed E-state index contributed by atoms with van der Waals surface area (Å²) in [5, 5.41) is 0. The van der Waals surface area contributed by atoms with E-state index >= 15 is 0 Å². The Morgan fingerprint density at radius 1 is 0.968 bits per heavy atom. The normalized spacial score (nSPS) is 15.2. The number of hydrogen-bond donors (Lipinski definition) is 1. The molecular weight excluding hydrogens is 410 g/mol. The lowest BCUT2D eigenvalue weighted by molar-refractivity contribution is 0.252. The first-order valence-corrected chi connectivity index (χ1v) is 12.7. The summed E-state index contributed by atoms with van der Waals surface area (Å²) in [5.41, 5.74) is 2.35. The van der Waals surface area contributed by atoms with Crippen molar-refractivity contribution in [3.63, 3.8) is 0 Å². The Hall–Kier alpha value is -2.09. The minimum Gasteiger partial charge on any atom is -0.495 e. The third-order valence-corrected chi connectivity index (χ3v) is 7.35. The zero-order chi connectivity index (χ0) is 22.1. The molecule has 0 aliphatic carbocycles. The number of hydrogen-bond acceptors (Lipinski definition) is 5. The molecule has 0 bridgehead atoms. The van der Waals surface area contributed by atoms with Gasteiger partial charge >= 0.3 is 0 Å². The number of unbranched alkanes of at least 4 members (excludes halogenated alkanes) is 2. The molecule has 7 heteroatoms. The van der Waals surface area contributed by atoms with E-state index < -0.39 is 10.0 Å². The number of benzene rings is 2. The molecule has 2 aromatic carbocycles. The maximum atomic E-state index is 12.4. The van der Waals surface area contributed by atoms with E-state index in [0.717, 1.165) is 57.5 Å². The molecule has 1 heterocycles. The summed E-state index contributed by atoms with van der Waals surface area (Å²) in [7, 11) is -2.04. The van der Waals surface area contributed by atoms with E-state index in [2.05, 4.69) is 44.9 Å². The Morgan fingerprint density at radius 2 is 1.71 bits per heavy atom. The Bertz CT molecular complexity index is 911. The number of piperazine rings is 1. The number of ether oxygens (including phenoxy) is 1. The number of aryl methyl sites for hydroxylation is 1. The van der Waals surface area contributed by atoms with Crippen molar-refractivity contribution < 1.29 is 13.2 Å². The van der Waals surface area contributed by atoms with Gasteiger partial charge in [-0.15, -0.1) is 0 Å². The molecule has 1 aliphatic rings. The van der Waals surface area contributed by atoms with Gasteiger partial charge in [0.25, 0.3) is 0 Å². The molecular formula is C24H35N3O3S. The van der Waals surface area contributed by atoms with Crippen LogP contribution in [0.5, 0.6) is 5.75 Å². The van der Waals surface area contributed by atoms with E-state index in [-0.39, 0.29) is 4.90 Å². The lowest BCUT2D eigenvalue weighted by Gasteiger charge is -2.36. The van der Waals surface area contributed by atoms with Gasteiger partial charge < -0.3 is 9.64 Å². The fourth-order valence-corrected chi connectivity index (χ4v) is 5.32. The van der Waals surface area contributed by atoms with Gasteiger partial charge in [-0.1, -0.05) is 37.6 Å². The predicted molar refractivity (Wildman–Crippen MR) is 127 cm³/mol. The van der Waals surface area contributed by atoms with Crippen molar-refractivity contribution >= 4 is 15.7 Å². The number of methoxy groups -OCH3 is 1. The lowest BCUT2D eigenvalue weighted by atomic mass is 10.1. The fourth-order valence-electron chi connectivity index (χ4n) is 4.06. The Labute approximate surface area is 187 Å². The second-order valence-electron chi connectivity index (χ2n) is 7.96. The first-order chi connectivity index (χ1) is 15.0. The van der Waals surface area contributed by atoms with Crippen LogP contribution < -0.4 is 14.4 Å². The van der Waals surface area contributed by atoms with Gasteiger partial charge in [-0.3, -0.25) is 4.90 Å². The van der Waals surface area contributed by atoms with Crippen molar-refractivity contribution in [2.45, 2.75) is 37.5 Å². The van der Waals surface area contributed by atoms with Crippen LogP contribution in [0.3, 0.4) is 0 Å². The van der Waals surface area contributed by atoms with Gasteiger partial charge in [0.1, 0.15) is 10.6 Å². The van der Waals surface area contributed by atoms with Crippen LogP contribution in [0.25, 0.3) is 0 Å². The van der Waals surface area contributed by atoms with E-state index in [1.54, 1.807) is 19.1 Å². The highest BCUT2D eigenvalue weighted by molar-refractivity contribution is 7.89. The van der Waals surface area contributed by atoms with E-state index in [1.807, 2.05) is 6.07 Å². The number of anilines is 1. The van der Waals surface area contributed by atoms with Crippen molar-refractivity contribution in [3.05, 3.63) is 54.1 Å². The Kier molecular flexibility index (Phi) is 8.75. The number of nitrogens with zero attached hydrogens (tertiary/aromatic N) is 2. The van der Waals surface area contributed by atoms with Crippen molar-refractivity contribution in [3.8, 4) is 5.75 Å². The standard InChI is InChI=1S/C24H35N3O3S/c1-3-25-31(28,29)24-20-21(13-14-23(24)30-2)10-6-5-9-15-26-16-18-27(19-17-26)22-11-7-4-8-12-22/h4,7-8,11-14,20,25H,3,5-6,9-10,15-19H2,1-2H3. The zero-order valence-corrected chi connectivity index (χ0v) is 19.5. The maximum Gasteiger partial charge on any atom is 0.244 e. The summed E-state index contributed by atoms with van der Waals surface area (Å²) in [6.45, 7) is 7.64. The van der Waals surface area contributed by atoms with Crippen LogP contribution in [-0.2, 0) is 16.4 Å². The van der Waals surface area contributed by atoms with Gasteiger partial charge in [0.05, 0.1) is 7.11 Å². The third kappa shape index (κ3) is 6.69. The SMILES string of the molecule is CCNS(=O)(=O)c1cc(CCCCCN2CCN(c3ccccc3)CC2)ccc1OC. The van der Waals surface area contributed by atoms with Gasteiger partial charge in [0.15, 0.2) is 0 Å². The van der Waals surface area contributed by atoms with Gasteiger partial charge in [-0.05, 0) is 55.6 Å². The molecule has 0 amide bonds. The molecule has 1 fully saturated rings. The molecule has 0 atom stereocenters. The molecule has 3 rings (SSSR count). The van der Waals surface area contributed by atoms with Crippen molar-refractivity contribution in [1.82, 2.24) is 9.62 Å². The topological polar surface area (TPSA) is 61.9 Å². The smallest absolute Gasteiger partial charge is 0.244 e. The Balaban J connectivity index is 1.40. The van der Waals surface area contributed by atoms with Gasteiger partial charge in [-0.25, -0.2) is 13.1 Å². The molecule has 0 radical (unpaired) electrons. The molecule has 1 aliphatic heterocycles. The number of para-hydroxylation sites is 1. The molecule has 2 aromatic rings. The maximum absolute atomic E-state index is 12.4. The molecule has 6 nitrogen and oxygen atoms in total. The summed E-state index contributed by atoms with van der Waals surface area (Å²) in [5.74, 6) is 0.388. The predicted octanol–water partition coefficient (Wildman–Crippen LogP) is 3.53. The molecule has 1 N–H and O–H groups in total. The lowest BCUT2D eigenvalue weighted by Crippen LogP contribution is -2.46. The Morgan fingerprint density at radius 3 is 2.39 bits per heavy atom. The summed E-state index contributed by atoms with van der Waals surface area (Å²) >= 11 is 0. The monoisotopic (exact) mass is 445 g/mol. The molecule has 0 saturated carbocycles. The highest BCUT2D eigenvalue weighted by Crippen LogP contribution is 2.25. The average molecular weight is 446 g/mol. The largest absolute Gasteiger partial charge is 0.495 e. The van der Waals surface area contributed by atoms with Crippen LogP contribution >= 0.6 is 0 Å². The molecule has 0 unspecified atom stereocenters. The minimum atomic E-state index is -3.54. The van der Waals surface area contributed by atoms with E-state index in [0.29, 0.717) is 12.3 Å². The summed E-state index contributed by atoms with van der Waals surface area (Å²) in [6.07, 6.45) is 4.24. The van der Waals surface area contributed by atoms with Crippen molar-refractivity contribution in [2.24, 2.45) is 0 Å². The van der Waals surface area contributed by atoms with Gasteiger partial charge in [-0.2, -0.15) is 0 Å². The van der Waals surface area contributed by atoms with Crippen LogP contribution in [0.15, 0.2) is 53.4 Å². The fraction of sp³-hybridized carbons (Fsp3) is 0.500. The van der Waals surface area contributed by atoms with E-state index in [4.69, 9.17) is 4.74 Å². The molecule has 0 aromatic heterocycles. The van der Waals surface area contributed by atoms with Crippen LogP contribution in [0.4, 0.5) is 5.69 Å². The van der Waals surface area contributed by atoms with Crippen LogP contribution in [0.1, 0.15) is 31.7 Å². The second kappa shape index (κ2) is 11.5. The molecule has 170 valence electrons. The number of rotatable bonds is 11. The van der Waals surface area contributed by atoms with Crippen molar-refractivity contribution in [2.75, 3.05) is 51.3 Å².